The summed E-state index contributed by atoms with van der Waals surface area (Å²) in [4.78, 5) is 28.4. The second kappa shape index (κ2) is 7.78. The second-order valence-corrected chi connectivity index (χ2v) is 6.46. The second-order valence-electron chi connectivity index (χ2n) is 6.46. The summed E-state index contributed by atoms with van der Waals surface area (Å²) in [7, 11) is 0. The van der Waals surface area contributed by atoms with Crippen LogP contribution in [0.1, 0.15) is 46.0 Å². The van der Waals surface area contributed by atoms with Crippen LogP contribution >= 0.6 is 0 Å². The van der Waals surface area contributed by atoms with Crippen molar-refractivity contribution in [2.75, 3.05) is 32.7 Å². The van der Waals surface area contributed by atoms with Crippen molar-refractivity contribution in [1.29, 1.82) is 0 Å². The molecule has 2 amide bonds. The first-order valence-corrected chi connectivity index (χ1v) is 8.40. The molecule has 2 fully saturated rings. The minimum atomic E-state index is 0.0971. The Kier molecular flexibility index (Phi) is 6.03. The van der Waals surface area contributed by atoms with Crippen molar-refractivity contribution in [3.63, 3.8) is 0 Å². The summed E-state index contributed by atoms with van der Waals surface area (Å²) in [5, 5.41) is 2.99. The van der Waals surface area contributed by atoms with Crippen LogP contribution in [0.2, 0.25) is 0 Å². The SMILES string of the molecule is CCC(C)NC(=O)CN1CCN(C(=O)C2CCCC2)CC1. The van der Waals surface area contributed by atoms with Crippen LogP contribution in [0, 0.1) is 5.92 Å². The lowest BCUT2D eigenvalue weighted by Crippen LogP contribution is -2.52. The van der Waals surface area contributed by atoms with Gasteiger partial charge in [-0.05, 0) is 26.2 Å². The van der Waals surface area contributed by atoms with Gasteiger partial charge in [0.15, 0.2) is 0 Å². The van der Waals surface area contributed by atoms with E-state index in [2.05, 4.69) is 17.1 Å². The first-order valence-electron chi connectivity index (χ1n) is 8.40. The Morgan fingerprint density at radius 2 is 1.76 bits per heavy atom. The third-order valence-corrected chi connectivity index (χ3v) is 4.78. The highest BCUT2D eigenvalue weighted by molar-refractivity contribution is 5.79. The average molecular weight is 295 g/mol. The highest BCUT2D eigenvalue weighted by atomic mass is 16.2. The quantitative estimate of drug-likeness (QED) is 0.830. The van der Waals surface area contributed by atoms with Crippen LogP contribution in [0.5, 0.6) is 0 Å². The Bertz CT molecular complexity index is 359. The molecule has 2 rings (SSSR count). The lowest BCUT2D eigenvalue weighted by Gasteiger charge is -2.35. The number of carbonyl (C=O) groups is 2. The number of hydrogen-bond donors (Lipinski definition) is 1. The summed E-state index contributed by atoms with van der Waals surface area (Å²) in [6, 6.07) is 0.239. The highest BCUT2D eigenvalue weighted by Crippen LogP contribution is 2.26. The molecule has 1 atom stereocenters. The van der Waals surface area contributed by atoms with Crippen LogP contribution < -0.4 is 5.32 Å². The molecule has 5 heteroatoms. The predicted molar refractivity (Wildman–Crippen MR) is 82.9 cm³/mol. The van der Waals surface area contributed by atoms with E-state index in [4.69, 9.17) is 0 Å². The number of rotatable bonds is 5. The number of piperazine rings is 1. The van der Waals surface area contributed by atoms with E-state index in [1.807, 2.05) is 11.8 Å². The molecule has 0 spiro atoms. The summed E-state index contributed by atoms with van der Waals surface area (Å²) in [5.41, 5.74) is 0. The van der Waals surface area contributed by atoms with Crippen molar-refractivity contribution >= 4 is 11.8 Å². The molecule has 1 unspecified atom stereocenters. The summed E-state index contributed by atoms with van der Waals surface area (Å²) in [6.45, 7) is 7.71. The topological polar surface area (TPSA) is 52.7 Å². The normalized spacial score (nSPS) is 22.3. The monoisotopic (exact) mass is 295 g/mol. The van der Waals surface area contributed by atoms with E-state index < -0.39 is 0 Å². The van der Waals surface area contributed by atoms with Gasteiger partial charge in [0.25, 0.3) is 0 Å². The molecule has 1 saturated heterocycles. The minimum absolute atomic E-state index is 0.0971. The molecule has 0 aromatic carbocycles. The summed E-state index contributed by atoms with van der Waals surface area (Å²) >= 11 is 0. The molecule has 0 radical (unpaired) electrons. The molecule has 0 aromatic rings. The van der Waals surface area contributed by atoms with Crippen LogP contribution in [0.3, 0.4) is 0 Å². The van der Waals surface area contributed by atoms with E-state index in [-0.39, 0.29) is 17.9 Å². The van der Waals surface area contributed by atoms with Gasteiger partial charge in [0.05, 0.1) is 6.54 Å². The standard InChI is InChI=1S/C16H29N3O2/c1-3-13(2)17-15(20)12-18-8-10-19(11-9-18)16(21)14-6-4-5-7-14/h13-14H,3-12H2,1-2H3,(H,17,20). The summed E-state index contributed by atoms with van der Waals surface area (Å²) < 4.78 is 0. The van der Waals surface area contributed by atoms with Gasteiger partial charge in [-0.2, -0.15) is 0 Å². The first-order chi connectivity index (χ1) is 10.1. The molecule has 0 bridgehead atoms. The smallest absolute Gasteiger partial charge is 0.234 e. The van der Waals surface area contributed by atoms with Gasteiger partial charge >= 0.3 is 0 Å². The van der Waals surface area contributed by atoms with E-state index in [9.17, 15) is 9.59 Å². The average Bonchev–Trinajstić information content (AvgIpc) is 3.01. The van der Waals surface area contributed by atoms with Gasteiger partial charge in [-0.1, -0.05) is 19.8 Å². The van der Waals surface area contributed by atoms with Crippen molar-refractivity contribution < 1.29 is 9.59 Å². The third kappa shape index (κ3) is 4.70. The molecule has 1 aliphatic heterocycles. The number of nitrogens with zero attached hydrogens (tertiary/aromatic N) is 2. The van der Waals surface area contributed by atoms with Crippen LogP contribution in [0.4, 0.5) is 0 Å². The fourth-order valence-electron chi connectivity index (χ4n) is 3.18. The molecule has 5 nitrogen and oxygen atoms in total. The Labute approximate surface area is 128 Å². The Morgan fingerprint density at radius 1 is 1.14 bits per heavy atom. The molecule has 1 saturated carbocycles. The van der Waals surface area contributed by atoms with Gasteiger partial charge in [-0.3, -0.25) is 14.5 Å². The molecular weight excluding hydrogens is 266 g/mol. The fourth-order valence-corrected chi connectivity index (χ4v) is 3.18. The largest absolute Gasteiger partial charge is 0.353 e. The number of nitrogens with one attached hydrogen (secondary N) is 1. The van der Waals surface area contributed by atoms with Crippen molar-refractivity contribution in [2.24, 2.45) is 5.92 Å². The van der Waals surface area contributed by atoms with E-state index in [0.717, 1.165) is 45.4 Å². The van der Waals surface area contributed by atoms with E-state index in [1.165, 1.54) is 12.8 Å². The maximum Gasteiger partial charge on any atom is 0.234 e. The van der Waals surface area contributed by atoms with Gasteiger partial charge in [0.1, 0.15) is 0 Å². The van der Waals surface area contributed by atoms with Gasteiger partial charge < -0.3 is 10.2 Å². The Hall–Kier alpha value is -1.10. The van der Waals surface area contributed by atoms with Crippen molar-refractivity contribution in [3.8, 4) is 0 Å². The molecular formula is C16H29N3O2. The lowest BCUT2D eigenvalue weighted by atomic mass is 10.1. The maximum absolute atomic E-state index is 12.3. The minimum Gasteiger partial charge on any atom is -0.353 e. The van der Waals surface area contributed by atoms with E-state index in [0.29, 0.717) is 12.5 Å². The van der Waals surface area contributed by atoms with Crippen LogP contribution in [-0.2, 0) is 9.59 Å². The van der Waals surface area contributed by atoms with Gasteiger partial charge in [0.2, 0.25) is 11.8 Å². The van der Waals surface area contributed by atoms with Gasteiger partial charge in [-0.15, -0.1) is 0 Å². The van der Waals surface area contributed by atoms with Crippen LogP contribution in [-0.4, -0.2) is 60.4 Å². The zero-order valence-electron chi connectivity index (χ0n) is 13.4. The Morgan fingerprint density at radius 3 is 2.33 bits per heavy atom. The number of hydrogen-bond acceptors (Lipinski definition) is 3. The molecule has 21 heavy (non-hydrogen) atoms. The zero-order chi connectivity index (χ0) is 15.2. The number of amides is 2. The molecule has 120 valence electrons. The summed E-state index contributed by atoms with van der Waals surface area (Å²) in [6.07, 6.45) is 5.49. The van der Waals surface area contributed by atoms with Crippen LogP contribution in [0.25, 0.3) is 0 Å². The highest BCUT2D eigenvalue weighted by Gasteiger charge is 2.29. The first kappa shape index (κ1) is 16.3. The molecule has 1 aliphatic carbocycles. The number of carbonyl (C=O) groups excluding carboxylic acids is 2. The van der Waals surface area contributed by atoms with Gasteiger partial charge in [-0.25, -0.2) is 0 Å². The predicted octanol–water partition coefficient (Wildman–Crippen LogP) is 1.24. The van der Waals surface area contributed by atoms with E-state index >= 15 is 0 Å². The Balaban J connectivity index is 1.70. The lowest BCUT2D eigenvalue weighted by molar-refractivity contribution is -0.137. The zero-order valence-corrected chi connectivity index (χ0v) is 13.4. The molecule has 2 aliphatic rings. The van der Waals surface area contributed by atoms with E-state index in [1.54, 1.807) is 0 Å². The van der Waals surface area contributed by atoms with Crippen LogP contribution in [0.15, 0.2) is 0 Å². The summed E-state index contributed by atoms with van der Waals surface area (Å²) in [5.74, 6) is 0.710. The fraction of sp³-hybridized carbons (Fsp3) is 0.875. The maximum atomic E-state index is 12.3. The third-order valence-electron chi connectivity index (χ3n) is 4.78. The molecule has 1 N–H and O–H groups in total. The van der Waals surface area contributed by atoms with Crippen molar-refractivity contribution in [3.05, 3.63) is 0 Å². The van der Waals surface area contributed by atoms with Crippen molar-refractivity contribution in [1.82, 2.24) is 15.1 Å². The molecule has 1 heterocycles. The van der Waals surface area contributed by atoms with Gasteiger partial charge in [0, 0.05) is 38.1 Å². The molecule has 0 aromatic heterocycles. The van der Waals surface area contributed by atoms with Crippen molar-refractivity contribution in [2.45, 2.75) is 52.0 Å².